The van der Waals surface area contributed by atoms with E-state index in [1.807, 2.05) is 0 Å². The van der Waals surface area contributed by atoms with Crippen molar-refractivity contribution >= 4 is 55.6 Å². The Labute approximate surface area is 332 Å². The predicted octanol–water partition coefficient (Wildman–Crippen LogP) is 14.5. The molecule has 11 aromatic rings. The molecule has 0 atom stereocenters. The molecule has 9 aromatic carbocycles. The number of fused-ring (bicyclic) bond motifs is 6. The standard InChI is InChI=1S/C54H35NSe/c1-4-14-36(15-5-1)37-26-28-38(29-27-37)41-32-42(40-30-31-52-50(35-40)47-20-10-11-25-51(47)55(52)44-18-8-3-9-19-44)34-43(33-41)46-22-13-24-49-48-23-12-21-45(53(48)56-54(46)49)39-16-6-2-7-17-39/h1-35H. The van der Waals surface area contributed by atoms with E-state index in [9.17, 15) is 0 Å². The van der Waals surface area contributed by atoms with E-state index in [0.717, 1.165) is 0 Å². The van der Waals surface area contributed by atoms with Gasteiger partial charge in [-0.2, -0.15) is 0 Å². The Morgan fingerprint density at radius 3 is 1.41 bits per heavy atom. The van der Waals surface area contributed by atoms with Gasteiger partial charge in [0.05, 0.1) is 0 Å². The van der Waals surface area contributed by atoms with Crippen LogP contribution in [0.3, 0.4) is 0 Å². The average molecular weight is 777 g/mol. The second-order valence-electron chi connectivity index (χ2n) is 14.5. The fraction of sp³-hybridized carbons (Fsp3) is 0. The predicted molar refractivity (Wildman–Crippen MR) is 240 cm³/mol. The number of hydrogen-bond donors (Lipinski definition) is 0. The molecule has 0 bridgehead atoms. The van der Waals surface area contributed by atoms with Gasteiger partial charge >= 0.3 is 310 Å². The first kappa shape index (κ1) is 32.7. The molecule has 1 nitrogen and oxygen atoms in total. The third-order valence-electron chi connectivity index (χ3n) is 11.2. The van der Waals surface area contributed by atoms with Crippen molar-refractivity contribution in [3.8, 4) is 61.3 Å². The Balaban J connectivity index is 1.12. The molecule has 0 aliphatic heterocycles. The normalized spacial score (nSPS) is 11.6. The van der Waals surface area contributed by atoms with Gasteiger partial charge in [0.1, 0.15) is 0 Å². The fourth-order valence-corrected chi connectivity index (χ4v) is 11.4. The molecule has 0 N–H and O–H groups in total. The van der Waals surface area contributed by atoms with Crippen LogP contribution in [0.1, 0.15) is 0 Å². The average Bonchev–Trinajstić information content (AvgIpc) is 3.83. The summed E-state index contributed by atoms with van der Waals surface area (Å²) in [6, 6.07) is 78.1. The third-order valence-corrected chi connectivity index (χ3v) is 13.9. The zero-order valence-corrected chi connectivity index (χ0v) is 32.3. The van der Waals surface area contributed by atoms with Crippen molar-refractivity contribution < 1.29 is 0 Å². The molecular formula is C54H35NSe. The van der Waals surface area contributed by atoms with Gasteiger partial charge in [0, 0.05) is 0 Å². The van der Waals surface area contributed by atoms with Crippen molar-refractivity contribution in [1.82, 2.24) is 4.57 Å². The Kier molecular flexibility index (Phi) is 7.91. The molecule has 0 fully saturated rings. The van der Waals surface area contributed by atoms with Gasteiger partial charge in [-0.05, 0) is 0 Å². The van der Waals surface area contributed by atoms with Crippen molar-refractivity contribution in [3.63, 3.8) is 0 Å². The summed E-state index contributed by atoms with van der Waals surface area (Å²) >= 11 is 0.152. The topological polar surface area (TPSA) is 4.93 Å². The zero-order valence-electron chi connectivity index (χ0n) is 30.6. The van der Waals surface area contributed by atoms with Gasteiger partial charge in [0.2, 0.25) is 0 Å². The fourth-order valence-electron chi connectivity index (χ4n) is 8.50. The third kappa shape index (κ3) is 5.54. The molecule has 56 heavy (non-hydrogen) atoms. The van der Waals surface area contributed by atoms with Crippen molar-refractivity contribution in [1.29, 1.82) is 0 Å². The van der Waals surface area contributed by atoms with Crippen LogP contribution in [0.15, 0.2) is 212 Å². The molecule has 0 amide bonds. The van der Waals surface area contributed by atoms with Crippen LogP contribution >= 0.6 is 0 Å². The van der Waals surface area contributed by atoms with Crippen LogP contribution in [-0.2, 0) is 0 Å². The molecule has 2 aromatic heterocycles. The molecule has 11 rings (SSSR count). The first-order valence-electron chi connectivity index (χ1n) is 19.2. The second kappa shape index (κ2) is 13.6. The summed E-state index contributed by atoms with van der Waals surface area (Å²) in [7, 11) is 0. The summed E-state index contributed by atoms with van der Waals surface area (Å²) in [5, 5.41) is 5.26. The molecule has 0 radical (unpaired) electrons. The SMILES string of the molecule is c1ccc(-c2ccc(-c3cc(-c4ccc5c(c4)c4ccccc4n5-c4ccccc4)cc(-c4cccc5c4[se]c4c(-c6ccccc6)cccc45)c3)cc2)cc1. The van der Waals surface area contributed by atoms with Gasteiger partial charge in [0.25, 0.3) is 0 Å². The zero-order chi connectivity index (χ0) is 37.0. The van der Waals surface area contributed by atoms with Crippen LogP contribution in [0.25, 0.3) is 102 Å². The quantitative estimate of drug-likeness (QED) is 0.148. The molecule has 2 heteroatoms. The molecule has 0 aliphatic carbocycles. The van der Waals surface area contributed by atoms with Crippen LogP contribution in [0.4, 0.5) is 0 Å². The van der Waals surface area contributed by atoms with Crippen molar-refractivity contribution in [2.24, 2.45) is 0 Å². The monoisotopic (exact) mass is 777 g/mol. The van der Waals surface area contributed by atoms with E-state index < -0.39 is 0 Å². The van der Waals surface area contributed by atoms with Crippen LogP contribution < -0.4 is 0 Å². The van der Waals surface area contributed by atoms with E-state index in [1.54, 1.807) is 0 Å². The van der Waals surface area contributed by atoms with Crippen LogP contribution in [0.5, 0.6) is 0 Å². The molecular weight excluding hydrogens is 742 g/mol. The Bertz CT molecular complexity index is 3210. The number of para-hydroxylation sites is 2. The molecule has 0 aliphatic rings. The molecule has 0 saturated heterocycles. The molecule has 0 saturated carbocycles. The van der Waals surface area contributed by atoms with Crippen molar-refractivity contribution in [3.05, 3.63) is 212 Å². The van der Waals surface area contributed by atoms with E-state index in [4.69, 9.17) is 0 Å². The first-order chi connectivity index (χ1) is 27.8. The molecule has 262 valence electrons. The number of benzene rings is 9. The number of hydrogen-bond acceptors (Lipinski definition) is 0. The minimum absolute atomic E-state index is 0.152. The van der Waals surface area contributed by atoms with Crippen LogP contribution in [0.2, 0.25) is 0 Å². The second-order valence-corrected chi connectivity index (χ2v) is 16.6. The maximum absolute atomic E-state index is 2.42. The van der Waals surface area contributed by atoms with E-state index in [0.29, 0.717) is 0 Å². The van der Waals surface area contributed by atoms with Gasteiger partial charge in [-0.15, -0.1) is 0 Å². The summed E-state index contributed by atoms with van der Waals surface area (Å²) in [6.07, 6.45) is 0. The summed E-state index contributed by atoms with van der Waals surface area (Å²) < 4.78 is 5.32. The Hall–Kier alpha value is -6.70. The molecule has 2 heterocycles. The van der Waals surface area contributed by atoms with Gasteiger partial charge in [-0.1, -0.05) is 24.3 Å². The van der Waals surface area contributed by atoms with Crippen LogP contribution in [0, 0.1) is 0 Å². The summed E-state index contributed by atoms with van der Waals surface area (Å²) in [6.45, 7) is 0. The van der Waals surface area contributed by atoms with E-state index in [-0.39, 0.29) is 14.5 Å². The number of rotatable bonds is 6. The van der Waals surface area contributed by atoms with Crippen molar-refractivity contribution in [2.45, 2.75) is 0 Å². The molecule has 0 unspecified atom stereocenters. The number of aromatic nitrogens is 1. The summed E-state index contributed by atoms with van der Waals surface area (Å²) in [5.41, 5.74) is 16.1. The summed E-state index contributed by atoms with van der Waals surface area (Å²) in [5.74, 6) is 0. The van der Waals surface area contributed by atoms with E-state index >= 15 is 0 Å². The molecule has 0 spiro atoms. The van der Waals surface area contributed by atoms with Gasteiger partial charge in [0.15, 0.2) is 0 Å². The Morgan fingerprint density at radius 2 is 0.732 bits per heavy atom. The van der Waals surface area contributed by atoms with Gasteiger partial charge < -0.3 is 0 Å². The van der Waals surface area contributed by atoms with Gasteiger partial charge in [-0.3, -0.25) is 0 Å². The van der Waals surface area contributed by atoms with E-state index in [1.165, 1.54) is 102 Å². The Morgan fingerprint density at radius 1 is 0.268 bits per heavy atom. The summed E-state index contributed by atoms with van der Waals surface area (Å²) in [4.78, 5) is 0. The van der Waals surface area contributed by atoms with Gasteiger partial charge in [-0.25, -0.2) is 0 Å². The minimum atomic E-state index is 0.152. The van der Waals surface area contributed by atoms with E-state index in [2.05, 4.69) is 217 Å². The maximum atomic E-state index is 2.42. The van der Waals surface area contributed by atoms with Crippen molar-refractivity contribution in [2.75, 3.05) is 0 Å². The number of nitrogens with zero attached hydrogens (tertiary/aromatic N) is 1. The first-order valence-corrected chi connectivity index (χ1v) is 20.9. The van der Waals surface area contributed by atoms with Crippen LogP contribution in [-0.4, -0.2) is 19.1 Å².